The first-order valence-corrected chi connectivity index (χ1v) is 8.09. The molecule has 2 aromatic rings. The lowest BCUT2D eigenvalue weighted by Crippen LogP contribution is -2.21. The van der Waals surface area contributed by atoms with Crippen molar-refractivity contribution in [3.63, 3.8) is 0 Å². The minimum atomic E-state index is -3.54. The smallest absolute Gasteiger partial charge is 0.236 e. The number of hydrogen-bond acceptors (Lipinski definition) is 5. The lowest BCUT2D eigenvalue weighted by atomic mass is 10.3. The van der Waals surface area contributed by atoms with Gasteiger partial charge in [0.05, 0.1) is 11.4 Å². The number of nitrogens with two attached hydrogens (primary N) is 1. The van der Waals surface area contributed by atoms with Gasteiger partial charge in [-0.05, 0) is 24.3 Å². The molecule has 0 amide bonds. The van der Waals surface area contributed by atoms with Crippen molar-refractivity contribution in [2.75, 3.05) is 22.8 Å². The molecular formula is C13H14ClN3O3S. The first kappa shape index (κ1) is 15.4. The molecule has 8 heteroatoms. The van der Waals surface area contributed by atoms with E-state index in [9.17, 15) is 8.42 Å². The minimum absolute atomic E-state index is 0.0115. The molecule has 6 nitrogen and oxygen atoms in total. The molecule has 0 aliphatic rings. The van der Waals surface area contributed by atoms with Gasteiger partial charge in [-0.15, -0.1) is 0 Å². The van der Waals surface area contributed by atoms with E-state index in [-0.39, 0.29) is 17.5 Å². The number of nitrogens with one attached hydrogen (secondary N) is 1. The third-order valence-electron chi connectivity index (χ3n) is 2.53. The van der Waals surface area contributed by atoms with Gasteiger partial charge in [-0.25, -0.2) is 13.4 Å². The summed E-state index contributed by atoms with van der Waals surface area (Å²) in [6, 6.07) is 9.83. The van der Waals surface area contributed by atoms with Crippen LogP contribution in [0.2, 0.25) is 5.15 Å². The summed E-state index contributed by atoms with van der Waals surface area (Å²) in [5.74, 6) is 0.251. The zero-order valence-corrected chi connectivity index (χ0v) is 12.6. The second kappa shape index (κ2) is 6.64. The fourth-order valence-corrected chi connectivity index (χ4v) is 2.63. The summed E-state index contributed by atoms with van der Waals surface area (Å²) in [6.07, 6.45) is 1.42. The first-order valence-electron chi connectivity index (χ1n) is 6.06. The number of aromatic nitrogens is 1. The minimum Gasteiger partial charge on any atom is -0.490 e. The van der Waals surface area contributed by atoms with Crippen molar-refractivity contribution in [1.82, 2.24) is 4.98 Å². The molecule has 1 aromatic heterocycles. The number of para-hydroxylation sites is 2. The van der Waals surface area contributed by atoms with E-state index in [0.29, 0.717) is 17.1 Å². The summed E-state index contributed by atoms with van der Waals surface area (Å²) in [5.41, 5.74) is 6.52. The van der Waals surface area contributed by atoms with Gasteiger partial charge in [0.15, 0.2) is 0 Å². The lowest BCUT2D eigenvalue weighted by molar-refractivity contribution is 0.343. The molecule has 21 heavy (non-hydrogen) atoms. The van der Waals surface area contributed by atoms with Crippen molar-refractivity contribution >= 4 is 33.0 Å². The molecule has 1 heterocycles. The number of pyridine rings is 1. The molecule has 0 unspecified atom stereocenters. The van der Waals surface area contributed by atoms with Gasteiger partial charge in [-0.3, -0.25) is 4.72 Å². The van der Waals surface area contributed by atoms with Crippen molar-refractivity contribution in [3.8, 4) is 5.75 Å². The Kier molecular flexibility index (Phi) is 4.87. The van der Waals surface area contributed by atoms with Crippen LogP contribution < -0.4 is 15.2 Å². The van der Waals surface area contributed by atoms with E-state index in [1.54, 1.807) is 24.3 Å². The number of rotatable bonds is 6. The molecule has 0 radical (unpaired) electrons. The largest absolute Gasteiger partial charge is 0.490 e. The molecule has 0 aliphatic carbocycles. The predicted molar refractivity (Wildman–Crippen MR) is 83.0 cm³/mol. The van der Waals surface area contributed by atoms with Crippen LogP contribution in [0.1, 0.15) is 0 Å². The van der Waals surface area contributed by atoms with Crippen LogP contribution in [0.3, 0.4) is 0 Å². The van der Waals surface area contributed by atoms with Gasteiger partial charge < -0.3 is 10.5 Å². The summed E-state index contributed by atoms with van der Waals surface area (Å²) in [7, 11) is -3.54. The number of ether oxygens (including phenoxy) is 1. The van der Waals surface area contributed by atoms with Crippen LogP contribution in [0.15, 0.2) is 42.6 Å². The summed E-state index contributed by atoms with van der Waals surface area (Å²) in [4.78, 5) is 3.77. The van der Waals surface area contributed by atoms with Gasteiger partial charge in [-0.2, -0.15) is 0 Å². The zero-order chi connectivity index (χ0) is 15.3. The van der Waals surface area contributed by atoms with E-state index >= 15 is 0 Å². The second-order valence-electron chi connectivity index (χ2n) is 4.17. The van der Waals surface area contributed by atoms with Crippen LogP contribution >= 0.6 is 11.6 Å². The van der Waals surface area contributed by atoms with Crippen LogP contribution in [0.25, 0.3) is 0 Å². The van der Waals surface area contributed by atoms with Crippen molar-refractivity contribution in [1.29, 1.82) is 0 Å². The zero-order valence-electron chi connectivity index (χ0n) is 11.0. The third kappa shape index (κ3) is 4.80. The molecule has 112 valence electrons. The SMILES string of the molecule is Nc1ccccc1OCCS(=O)(=O)Nc1ccnc(Cl)c1. The summed E-state index contributed by atoms with van der Waals surface area (Å²) in [6.45, 7) is -0.0115. The Balaban J connectivity index is 1.91. The van der Waals surface area contributed by atoms with Crippen molar-refractivity contribution in [2.45, 2.75) is 0 Å². The van der Waals surface area contributed by atoms with E-state index in [1.807, 2.05) is 0 Å². The number of benzene rings is 1. The Bertz CT molecular complexity index is 722. The fraction of sp³-hybridized carbons (Fsp3) is 0.154. The highest BCUT2D eigenvalue weighted by atomic mass is 35.5. The average molecular weight is 328 g/mol. The van der Waals surface area contributed by atoms with Crippen molar-refractivity contribution < 1.29 is 13.2 Å². The maximum absolute atomic E-state index is 11.9. The number of sulfonamides is 1. The van der Waals surface area contributed by atoms with Crippen LogP contribution in [0.5, 0.6) is 5.75 Å². The number of nitrogen functional groups attached to an aromatic ring is 1. The molecule has 2 rings (SSSR count). The highest BCUT2D eigenvalue weighted by Gasteiger charge is 2.11. The van der Waals surface area contributed by atoms with Gasteiger partial charge >= 0.3 is 0 Å². The topological polar surface area (TPSA) is 94.3 Å². The first-order chi connectivity index (χ1) is 9.96. The Morgan fingerprint density at radius 2 is 2.05 bits per heavy atom. The van der Waals surface area contributed by atoms with Gasteiger partial charge in [0.1, 0.15) is 23.3 Å². The lowest BCUT2D eigenvalue weighted by Gasteiger charge is -2.10. The van der Waals surface area contributed by atoms with Gasteiger partial charge in [-0.1, -0.05) is 23.7 Å². The van der Waals surface area contributed by atoms with Crippen LogP contribution in [0, 0.1) is 0 Å². The molecule has 0 atom stereocenters. The van der Waals surface area contributed by atoms with Crippen LogP contribution in [-0.4, -0.2) is 25.8 Å². The number of anilines is 2. The van der Waals surface area contributed by atoms with E-state index < -0.39 is 10.0 Å². The number of hydrogen-bond donors (Lipinski definition) is 2. The second-order valence-corrected chi connectivity index (χ2v) is 6.40. The van der Waals surface area contributed by atoms with E-state index in [1.165, 1.54) is 18.3 Å². The Morgan fingerprint density at radius 3 is 2.76 bits per heavy atom. The maximum Gasteiger partial charge on any atom is 0.236 e. The van der Waals surface area contributed by atoms with Gasteiger partial charge in [0, 0.05) is 6.20 Å². The summed E-state index contributed by atoms with van der Waals surface area (Å²) >= 11 is 5.69. The van der Waals surface area contributed by atoms with Crippen LogP contribution in [0.4, 0.5) is 11.4 Å². The Labute approximate surface area is 128 Å². The molecule has 0 saturated heterocycles. The molecule has 0 fully saturated rings. The molecule has 0 spiro atoms. The summed E-state index contributed by atoms with van der Waals surface area (Å²) in [5, 5.41) is 0.212. The average Bonchev–Trinajstić information content (AvgIpc) is 2.40. The van der Waals surface area contributed by atoms with Crippen molar-refractivity contribution in [2.24, 2.45) is 0 Å². The highest BCUT2D eigenvalue weighted by Crippen LogP contribution is 2.19. The number of halogens is 1. The van der Waals surface area contributed by atoms with E-state index in [0.717, 1.165) is 0 Å². The van der Waals surface area contributed by atoms with Crippen LogP contribution in [-0.2, 0) is 10.0 Å². The van der Waals surface area contributed by atoms with E-state index in [2.05, 4.69) is 9.71 Å². The Morgan fingerprint density at radius 1 is 1.29 bits per heavy atom. The molecule has 3 N–H and O–H groups in total. The quantitative estimate of drug-likeness (QED) is 0.626. The van der Waals surface area contributed by atoms with Crippen molar-refractivity contribution in [3.05, 3.63) is 47.7 Å². The normalized spacial score (nSPS) is 11.1. The summed E-state index contributed by atoms with van der Waals surface area (Å²) < 4.78 is 31.5. The molecule has 1 aromatic carbocycles. The number of nitrogens with zero attached hydrogens (tertiary/aromatic N) is 1. The van der Waals surface area contributed by atoms with E-state index in [4.69, 9.17) is 22.1 Å². The Hall–Kier alpha value is -1.99. The highest BCUT2D eigenvalue weighted by molar-refractivity contribution is 7.92. The fourth-order valence-electron chi connectivity index (χ4n) is 1.57. The van der Waals surface area contributed by atoms with Gasteiger partial charge in [0.2, 0.25) is 10.0 Å². The molecular weight excluding hydrogens is 314 g/mol. The monoisotopic (exact) mass is 327 g/mol. The predicted octanol–water partition coefficient (Wildman–Crippen LogP) is 2.14. The standard InChI is InChI=1S/C13H14ClN3O3S/c14-13-9-10(5-6-16-13)17-21(18,19)8-7-20-12-4-2-1-3-11(12)15/h1-6,9H,7-8,15H2,(H,16,17). The maximum atomic E-state index is 11.9. The molecule has 0 saturated carbocycles. The van der Waals surface area contributed by atoms with Gasteiger partial charge in [0.25, 0.3) is 0 Å². The third-order valence-corrected chi connectivity index (χ3v) is 3.99. The molecule has 0 bridgehead atoms. The molecule has 0 aliphatic heterocycles.